The summed E-state index contributed by atoms with van der Waals surface area (Å²) in [6.45, 7) is 5.92. The summed E-state index contributed by atoms with van der Waals surface area (Å²) in [5.41, 5.74) is -0.168. The van der Waals surface area contributed by atoms with Crippen molar-refractivity contribution in [2.24, 2.45) is 0 Å². The molecule has 0 heterocycles. The van der Waals surface area contributed by atoms with Crippen molar-refractivity contribution in [3.05, 3.63) is 35.4 Å². The van der Waals surface area contributed by atoms with Crippen LogP contribution in [0.25, 0.3) is 0 Å². The van der Waals surface area contributed by atoms with Crippen LogP contribution in [0.5, 0.6) is 0 Å². The van der Waals surface area contributed by atoms with Gasteiger partial charge in [-0.15, -0.1) is 0 Å². The van der Waals surface area contributed by atoms with Gasteiger partial charge in [-0.1, -0.05) is 0 Å². The van der Waals surface area contributed by atoms with Gasteiger partial charge < -0.3 is 9.47 Å². The maximum Gasteiger partial charge on any atom is 0.194 e. The first kappa shape index (κ1) is 15.7. The summed E-state index contributed by atoms with van der Waals surface area (Å²) in [7, 11) is 0. The molecule has 0 aliphatic carbocycles. The van der Waals surface area contributed by atoms with Crippen LogP contribution >= 0.6 is 0 Å². The molecule has 0 fully saturated rings. The van der Waals surface area contributed by atoms with Gasteiger partial charge in [0.2, 0.25) is 0 Å². The van der Waals surface area contributed by atoms with Crippen molar-refractivity contribution in [3.63, 3.8) is 0 Å². The predicted molar refractivity (Wildman–Crippen MR) is 67.2 cm³/mol. The Kier molecular flexibility index (Phi) is 6.05. The third-order valence-corrected chi connectivity index (χ3v) is 2.47. The summed E-state index contributed by atoms with van der Waals surface area (Å²) in [6, 6.07) is 2.85. The summed E-state index contributed by atoms with van der Waals surface area (Å²) < 4.78 is 36.7. The minimum absolute atomic E-state index is 0.0872. The third kappa shape index (κ3) is 5.04. The van der Waals surface area contributed by atoms with Gasteiger partial charge in [0.15, 0.2) is 5.78 Å². The average molecular weight is 272 g/mol. The number of carbonyl (C=O) groups excluding carboxylic acids is 1. The average Bonchev–Trinajstić information content (AvgIpc) is 2.33. The second kappa shape index (κ2) is 7.31. The minimum atomic E-state index is -0.876. The van der Waals surface area contributed by atoms with Crippen LogP contribution in [0, 0.1) is 11.6 Å². The molecule has 0 aromatic heterocycles. The van der Waals surface area contributed by atoms with Crippen LogP contribution in [0.1, 0.15) is 31.1 Å². The fraction of sp³-hybridized carbons (Fsp3) is 0.500. The van der Waals surface area contributed by atoms with Gasteiger partial charge in [0.05, 0.1) is 24.9 Å². The zero-order valence-corrected chi connectivity index (χ0v) is 11.3. The molecule has 1 unspecified atom stereocenters. The molecule has 0 spiro atoms. The van der Waals surface area contributed by atoms with Crippen molar-refractivity contribution in [1.29, 1.82) is 0 Å². The van der Waals surface area contributed by atoms with Crippen LogP contribution in [0.2, 0.25) is 0 Å². The molecule has 5 heteroatoms. The molecule has 0 aliphatic heterocycles. The number of rotatable bonds is 7. The molecule has 1 atom stereocenters. The van der Waals surface area contributed by atoms with E-state index in [1.54, 1.807) is 0 Å². The highest BCUT2D eigenvalue weighted by molar-refractivity contribution is 5.99. The summed E-state index contributed by atoms with van der Waals surface area (Å²) >= 11 is 0. The van der Waals surface area contributed by atoms with Crippen LogP contribution in [0.4, 0.5) is 8.78 Å². The van der Waals surface area contributed by atoms with E-state index >= 15 is 0 Å². The highest BCUT2D eigenvalue weighted by Gasteiger charge is 2.19. The van der Waals surface area contributed by atoms with Gasteiger partial charge in [0.1, 0.15) is 17.7 Å². The maximum atomic E-state index is 13.4. The van der Waals surface area contributed by atoms with Crippen molar-refractivity contribution in [2.45, 2.75) is 33.0 Å². The second-order valence-corrected chi connectivity index (χ2v) is 4.42. The van der Waals surface area contributed by atoms with E-state index in [-0.39, 0.29) is 18.3 Å². The highest BCUT2D eigenvalue weighted by atomic mass is 19.1. The Hall–Kier alpha value is -1.33. The van der Waals surface area contributed by atoms with E-state index in [4.69, 9.17) is 9.47 Å². The van der Waals surface area contributed by atoms with Crippen LogP contribution in [-0.2, 0) is 9.47 Å². The van der Waals surface area contributed by atoms with E-state index in [1.165, 1.54) is 6.92 Å². The fourth-order valence-electron chi connectivity index (χ4n) is 1.49. The first-order chi connectivity index (χ1) is 8.91. The zero-order valence-electron chi connectivity index (χ0n) is 11.3. The largest absolute Gasteiger partial charge is 0.376 e. The lowest BCUT2D eigenvalue weighted by Gasteiger charge is -2.13. The van der Waals surface area contributed by atoms with Crippen molar-refractivity contribution < 1.29 is 23.0 Å². The van der Waals surface area contributed by atoms with Crippen LogP contribution in [-0.4, -0.2) is 31.2 Å². The Bertz CT molecular complexity index is 433. The molecule has 0 aliphatic rings. The monoisotopic (exact) mass is 272 g/mol. The maximum absolute atomic E-state index is 13.4. The lowest BCUT2D eigenvalue weighted by molar-refractivity contribution is -0.00188. The smallest absolute Gasteiger partial charge is 0.194 e. The molecule has 0 amide bonds. The lowest BCUT2D eigenvalue weighted by Crippen LogP contribution is -2.24. The Balaban J connectivity index is 2.52. The zero-order chi connectivity index (χ0) is 14.4. The number of hydrogen-bond donors (Lipinski definition) is 0. The van der Waals surface area contributed by atoms with E-state index in [1.807, 2.05) is 13.8 Å². The molecule has 1 rings (SSSR count). The number of ketones is 1. The minimum Gasteiger partial charge on any atom is -0.376 e. The first-order valence-corrected chi connectivity index (χ1v) is 6.14. The van der Waals surface area contributed by atoms with Gasteiger partial charge in [0.25, 0.3) is 0 Å². The standard InChI is InChI=1S/C14H18F2O3/c1-9(2)18-6-7-19-10(3)14(17)12-5-4-11(15)8-13(12)16/h4-5,8-10H,6-7H2,1-3H3. The Morgan fingerprint density at radius 2 is 1.79 bits per heavy atom. The van der Waals surface area contributed by atoms with Crippen molar-refractivity contribution >= 4 is 5.78 Å². The van der Waals surface area contributed by atoms with E-state index in [0.29, 0.717) is 12.7 Å². The van der Waals surface area contributed by atoms with E-state index in [9.17, 15) is 13.6 Å². The molecule has 1 aromatic rings. The SMILES string of the molecule is CC(C)OCCOC(C)C(=O)c1ccc(F)cc1F. The molecule has 106 valence electrons. The van der Waals surface area contributed by atoms with Crippen LogP contribution < -0.4 is 0 Å². The number of Topliss-reactive ketones (excluding diaryl/α,β-unsaturated/α-hetero) is 1. The van der Waals surface area contributed by atoms with E-state index < -0.39 is 23.5 Å². The Morgan fingerprint density at radius 3 is 2.37 bits per heavy atom. The number of halogens is 2. The molecule has 3 nitrogen and oxygen atoms in total. The number of ether oxygens (including phenoxy) is 2. The molecule has 1 aromatic carbocycles. The summed E-state index contributed by atoms with van der Waals surface area (Å²) in [5.74, 6) is -2.10. The Labute approximate surface area is 111 Å². The van der Waals surface area contributed by atoms with Gasteiger partial charge in [-0.25, -0.2) is 8.78 Å². The molecule has 0 radical (unpaired) electrons. The molecule has 0 saturated heterocycles. The number of benzene rings is 1. The quantitative estimate of drug-likeness (QED) is 0.565. The Morgan fingerprint density at radius 1 is 1.16 bits per heavy atom. The summed E-state index contributed by atoms with van der Waals surface area (Å²) in [4.78, 5) is 11.9. The van der Waals surface area contributed by atoms with Gasteiger partial charge in [-0.2, -0.15) is 0 Å². The van der Waals surface area contributed by atoms with Gasteiger partial charge in [0, 0.05) is 6.07 Å². The van der Waals surface area contributed by atoms with Gasteiger partial charge >= 0.3 is 0 Å². The number of hydrogen-bond acceptors (Lipinski definition) is 3. The fourth-order valence-corrected chi connectivity index (χ4v) is 1.49. The van der Waals surface area contributed by atoms with Crippen molar-refractivity contribution in [2.75, 3.05) is 13.2 Å². The van der Waals surface area contributed by atoms with E-state index in [0.717, 1.165) is 12.1 Å². The van der Waals surface area contributed by atoms with Crippen LogP contribution in [0.3, 0.4) is 0 Å². The molecule has 0 N–H and O–H groups in total. The third-order valence-electron chi connectivity index (χ3n) is 2.47. The predicted octanol–water partition coefficient (Wildman–Crippen LogP) is 2.98. The van der Waals surface area contributed by atoms with E-state index in [2.05, 4.69) is 0 Å². The first-order valence-electron chi connectivity index (χ1n) is 6.14. The normalized spacial score (nSPS) is 12.7. The molecular weight excluding hydrogens is 254 g/mol. The topological polar surface area (TPSA) is 35.5 Å². The molecule has 0 bridgehead atoms. The van der Waals surface area contributed by atoms with Crippen molar-refractivity contribution in [3.8, 4) is 0 Å². The lowest BCUT2D eigenvalue weighted by atomic mass is 10.1. The van der Waals surface area contributed by atoms with Crippen molar-refractivity contribution in [1.82, 2.24) is 0 Å². The molecule has 0 saturated carbocycles. The molecule has 19 heavy (non-hydrogen) atoms. The second-order valence-electron chi connectivity index (χ2n) is 4.42. The number of carbonyl (C=O) groups is 1. The summed E-state index contributed by atoms with van der Waals surface area (Å²) in [5, 5.41) is 0. The van der Waals surface area contributed by atoms with Gasteiger partial charge in [-0.05, 0) is 32.9 Å². The van der Waals surface area contributed by atoms with Crippen LogP contribution in [0.15, 0.2) is 18.2 Å². The summed E-state index contributed by atoms with van der Waals surface area (Å²) in [6.07, 6.45) is -0.708. The molecular formula is C14H18F2O3. The van der Waals surface area contributed by atoms with Gasteiger partial charge in [-0.3, -0.25) is 4.79 Å². The highest BCUT2D eigenvalue weighted by Crippen LogP contribution is 2.13.